The molecule has 2 N–H and O–H groups in total. The van der Waals surface area contributed by atoms with Gasteiger partial charge in [0.15, 0.2) is 5.16 Å². The van der Waals surface area contributed by atoms with Crippen molar-refractivity contribution in [3.8, 4) is 5.75 Å². The van der Waals surface area contributed by atoms with Crippen LogP contribution in [-0.4, -0.2) is 28.9 Å². The number of benzene rings is 1. The van der Waals surface area contributed by atoms with Crippen molar-refractivity contribution in [3.63, 3.8) is 0 Å². The van der Waals surface area contributed by atoms with Gasteiger partial charge in [-0.2, -0.15) is 0 Å². The highest BCUT2D eigenvalue weighted by Crippen LogP contribution is 2.41. The van der Waals surface area contributed by atoms with E-state index in [9.17, 15) is 0 Å². The fourth-order valence-electron chi connectivity index (χ4n) is 2.82. The molecule has 0 fully saturated rings. The first-order valence-corrected chi connectivity index (χ1v) is 8.26. The third-order valence-electron chi connectivity index (χ3n) is 3.83. The van der Waals surface area contributed by atoms with Gasteiger partial charge in [0.25, 0.3) is 0 Å². The van der Waals surface area contributed by atoms with Crippen LogP contribution in [0.3, 0.4) is 0 Å². The molecule has 3 rings (SSSR count). The SMILES string of the molecule is CCCNC1c2cc(OC)ccc2CC1Sc1ncc[nH]1. The molecule has 0 spiro atoms. The smallest absolute Gasteiger partial charge is 0.165 e. The van der Waals surface area contributed by atoms with E-state index in [0.29, 0.717) is 11.3 Å². The second-order valence-corrected chi connectivity index (χ2v) is 6.48. The van der Waals surface area contributed by atoms with Crippen molar-refractivity contribution in [2.45, 2.75) is 36.2 Å². The second kappa shape index (κ2) is 6.54. The average molecular weight is 303 g/mol. The van der Waals surface area contributed by atoms with E-state index < -0.39 is 0 Å². The number of H-pyrrole nitrogens is 1. The van der Waals surface area contributed by atoms with Gasteiger partial charge >= 0.3 is 0 Å². The number of ether oxygens (including phenoxy) is 1. The van der Waals surface area contributed by atoms with Crippen LogP contribution < -0.4 is 10.1 Å². The van der Waals surface area contributed by atoms with Crippen molar-refractivity contribution in [1.29, 1.82) is 0 Å². The molecule has 0 aliphatic heterocycles. The van der Waals surface area contributed by atoms with E-state index in [1.165, 1.54) is 11.1 Å². The number of hydrogen-bond donors (Lipinski definition) is 2. The summed E-state index contributed by atoms with van der Waals surface area (Å²) < 4.78 is 5.38. The number of hydrogen-bond acceptors (Lipinski definition) is 4. The van der Waals surface area contributed by atoms with E-state index in [2.05, 4.69) is 40.4 Å². The van der Waals surface area contributed by atoms with Crippen LogP contribution in [0.4, 0.5) is 0 Å². The Kier molecular flexibility index (Phi) is 4.51. The van der Waals surface area contributed by atoms with Gasteiger partial charge in [-0.25, -0.2) is 4.98 Å². The summed E-state index contributed by atoms with van der Waals surface area (Å²) in [5, 5.41) is 5.13. The summed E-state index contributed by atoms with van der Waals surface area (Å²) in [5.41, 5.74) is 2.78. The fraction of sp³-hybridized carbons (Fsp3) is 0.438. The van der Waals surface area contributed by atoms with Crippen LogP contribution in [0.2, 0.25) is 0 Å². The quantitative estimate of drug-likeness (QED) is 0.860. The molecule has 21 heavy (non-hydrogen) atoms. The van der Waals surface area contributed by atoms with Crippen LogP contribution >= 0.6 is 11.8 Å². The first-order valence-electron chi connectivity index (χ1n) is 7.38. The summed E-state index contributed by atoms with van der Waals surface area (Å²) in [4.78, 5) is 7.54. The molecule has 4 nitrogen and oxygen atoms in total. The largest absolute Gasteiger partial charge is 0.497 e. The van der Waals surface area contributed by atoms with E-state index in [0.717, 1.165) is 30.3 Å². The number of rotatable bonds is 6. The fourth-order valence-corrected chi connectivity index (χ4v) is 4.01. The molecule has 0 saturated carbocycles. The molecule has 112 valence electrons. The minimum Gasteiger partial charge on any atom is -0.497 e. The summed E-state index contributed by atoms with van der Waals surface area (Å²) in [5.74, 6) is 0.931. The number of methoxy groups -OCH3 is 1. The molecule has 1 aromatic carbocycles. The minimum absolute atomic E-state index is 0.352. The van der Waals surface area contributed by atoms with Gasteiger partial charge < -0.3 is 15.0 Å². The Labute approximate surface area is 129 Å². The summed E-state index contributed by atoms with van der Waals surface area (Å²) in [7, 11) is 1.72. The number of thioether (sulfide) groups is 1. The van der Waals surface area contributed by atoms with Gasteiger partial charge in [0.05, 0.1) is 7.11 Å². The van der Waals surface area contributed by atoms with Crippen LogP contribution in [0.15, 0.2) is 35.7 Å². The molecule has 0 saturated heterocycles. The molecule has 1 aliphatic rings. The lowest BCUT2D eigenvalue weighted by molar-refractivity contribution is 0.413. The Morgan fingerprint density at radius 2 is 2.38 bits per heavy atom. The highest BCUT2D eigenvalue weighted by Gasteiger charge is 2.33. The lowest BCUT2D eigenvalue weighted by Crippen LogP contribution is -2.27. The molecule has 0 radical (unpaired) electrons. The lowest BCUT2D eigenvalue weighted by atomic mass is 10.1. The monoisotopic (exact) mass is 303 g/mol. The van der Waals surface area contributed by atoms with Crippen LogP contribution in [0.5, 0.6) is 5.75 Å². The van der Waals surface area contributed by atoms with Gasteiger partial charge in [0, 0.05) is 23.7 Å². The molecular weight excluding hydrogens is 282 g/mol. The van der Waals surface area contributed by atoms with Crippen LogP contribution in [-0.2, 0) is 6.42 Å². The third kappa shape index (κ3) is 3.09. The zero-order valence-corrected chi connectivity index (χ0v) is 13.2. The highest BCUT2D eigenvalue weighted by molar-refractivity contribution is 7.99. The van der Waals surface area contributed by atoms with Gasteiger partial charge in [-0.15, -0.1) is 0 Å². The zero-order valence-electron chi connectivity index (χ0n) is 12.4. The van der Waals surface area contributed by atoms with E-state index in [1.54, 1.807) is 7.11 Å². The summed E-state index contributed by atoms with van der Waals surface area (Å²) >= 11 is 1.82. The number of aromatic nitrogens is 2. The van der Waals surface area contributed by atoms with Gasteiger partial charge in [0.1, 0.15) is 5.75 Å². The Balaban J connectivity index is 1.84. The van der Waals surface area contributed by atoms with Crippen molar-refractivity contribution in [3.05, 3.63) is 41.7 Å². The molecule has 1 aliphatic carbocycles. The van der Waals surface area contributed by atoms with Crippen LogP contribution in [0, 0.1) is 0 Å². The van der Waals surface area contributed by atoms with Gasteiger partial charge in [0.2, 0.25) is 0 Å². The Morgan fingerprint density at radius 3 is 3.10 bits per heavy atom. The maximum Gasteiger partial charge on any atom is 0.165 e. The number of nitrogens with zero attached hydrogens (tertiary/aromatic N) is 1. The van der Waals surface area contributed by atoms with Gasteiger partial charge in [-0.3, -0.25) is 0 Å². The van der Waals surface area contributed by atoms with E-state index in [-0.39, 0.29) is 0 Å². The maximum atomic E-state index is 5.38. The van der Waals surface area contributed by atoms with Crippen molar-refractivity contribution in [2.75, 3.05) is 13.7 Å². The molecule has 5 heteroatoms. The number of fused-ring (bicyclic) bond motifs is 1. The Hall–Kier alpha value is -1.46. The number of nitrogens with one attached hydrogen (secondary N) is 2. The van der Waals surface area contributed by atoms with Crippen molar-refractivity contribution in [2.24, 2.45) is 0 Å². The number of aromatic amines is 1. The minimum atomic E-state index is 0.352. The predicted octanol–water partition coefficient (Wildman–Crippen LogP) is 3.18. The molecule has 2 atom stereocenters. The standard InChI is InChI=1S/C16H21N3OS/c1-3-6-17-15-13-10-12(20-2)5-4-11(13)9-14(15)21-16-18-7-8-19-16/h4-5,7-8,10,14-15,17H,3,6,9H2,1-2H3,(H,18,19). The summed E-state index contributed by atoms with van der Waals surface area (Å²) in [6.45, 7) is 3.22. The maximum absolute atomic E-state index is 5.38. The first kappa shape index (κ1) is 14.5. The molecule has 0 bridgehead atoms. The number of imidazole rings is 1. The van der Waals surface area contributed by atoms with Crippen molar-refractivity contribution >= 4 is 11.8 Å². The van der Waals surface area contributed by atoms with Crippen LogP contribution in [0.1, 0.15) is 30.5 Å². The molecule has 2 unspecified atom stereocenters. The Morgan fingerprint density at radius 1 is 1.48 bits per heavy atom. The van der Waals surface area contributed by atoms with E-state index in [1.807, 2.05) is 24.2 Å². The van der Waals surface area contributed by atoms with Gasteiger partial charge in [-0.1, -0.05) is 24.8 Å². The normalized spacial score (nSPS) is 20.5. The van der Waals surface area contributed by atoms with Crippen molar-refractivity contribution in [1.82, 2.24) is 15.3 Å². The van der Waals surface area contributed by atoms with E-state index in [4.69, 9.17) is 4.74 Å². The highest BCUT2D eigenvalue weighted by atomic mass is 32.2. The predicted molar refractivity (Wildman–Crippen MR) is 86.0 cm³/mol. The van der Waals surface area contributed by atoms with E-state index >= 15 is 0 Å². The zero-order chi connectivity index (χ0) is 14.7. The second-order valence-electron chi connectivity index (χ2n) is 5.25. The van der Waals surface area contributed by atoms with Crippen molar-refractivity contribution < 1.29 is 4.74 Å². The molecule has 2 aromatic rings. The Bertz CT molecular complexity index is 585. The van der Waals surface area contributed by atoms with Gasteiger partial charge in [-0.05, 0) is 42.6 Å². The topological polar surface area (TPSA) is 49.9 Å². The summed E-state index contributed by atoms with van der Waals surface area (Å²) in [6, 6.07) is 6.77. The van der Waals surface area contributed by atoms with Crippen LogP contribution in [0.25, 0.3) is 0 Å². The lowest BCUT2D eigenvalue weighted by Gasteiger charge is -2.20. The molecular formula is C16H21N3OS. The first-order chi connectivity index (χ1) is 10.3. The molecule has 1 heterocycles. The summed E-state index contributed by atoms with van der Waals surface area (Å²) in [6.07, 6.45) is 5.88. The molecule has 0 amide bonds. The average Bonchev–Trinajstić information content (AvgIpc) is 3.12. The molecule has 1 aromatic heterocycles. The third-order valence-corrected chi connectivity index (χ3v) is 5.02.